The molecule has 3 rings (SSSR count). The Bertz CT molecular complexity index is 698. The van der Waals surface area contributed by atoms with Gasteiger partial charge in [0.1, 0.15) is 0 Å². The molecule has 7 heteroatoms. The third-order valence-corrected chi connectivity index (χ3v) is 4.54. The molecule has 25 heavy (non-hydrogen) atoms. The van der Waals surface area contributed by atoms with E-state index in [0.717, 1.165) is 32.7 Å². The molecule has 1 aromatic heterocycles. The average Bonchev–Trinajstić information content (AvgIpc) is 2.56. The molecule has 1 fully saturated rings. The van der Waals surface area contributed by atoms with Crippen LogP contribution in [-0.2, 0) is 11.3 Å². The zero-order valence-corrected chi connectivity index (χ0v) is 15.3. The van der Waals surface area contributed by atoms with Crippen molar-refractivity contribution in [1.82, 2.24) is 14.8 Å². The summed E-state index contributed by atoms with van der Waals surface area (Å²) in [5.74, 6) is -0.0564. The van der Waals surface area contributed by atoms with Crippen molar-refractivity contribution in [3.8, 4) is 0 Å². The Balaban J connectivity index is 1.44. The molecule has 1 aliphatic rings. The number of piperazine rings is 1. The fourth-order valence-corrected chi connectivity index (χ4v) is 3.41. The Hall–Kier alpha value is -1.66. The lowest BCUT2D eigenvalue weighted by atomic mass is 10.2. The number of benzene rings is 1. The normalized spacial score (nSPS) is 15.9. The summed E-state index contributed by atoms with van der Waals surface area (Å²) in [6.07, 6.45) is 3.68. The number of hydrogen-bond acceptors (Lipinski definition) is 4. The van der Waals surface area contributed by atoms with Crippen LogP contribution in [0.1, 0.15) is 5.56 Å². The van der Waals surface area contributed by atoms with Gasteiger partial charge in [-0.1, -0.05) is 29.3 Å². The summed E-state index contributed by atoms with van der Waals surface area (Å²) in [4.78, 5) is 20.9. The second-order valence-corrected chi connectivity index (χ2v) is 6.99. The van der Waals surface area contributed by atoms with Crippen LogP contribution in [0.4, 0.5) is 5.69 Å². The quantitative estimate of drug-likeness (QED) is 0.867. The Morgan fingerprint density at radius 1 is 1.08 bits per heavy atom. The van der Waals surface area contributed by atoms with Crippen LogP contribution in [0, 0.1) is 0 Å². The third-order valence-electron chi connectivity index (χ3n) is 4.11. The van der Waals surface area contributed by atoms with Gasteiger partial charge in [0.25, 0.3) is 0 Å². The molecule has 0 unspecified atom stereocenters. The van der Waals surface area contributed by atoms with Gasteiger partial charge in [0.2, 0.25) is 5.91 Å². The van der Waals surface area contributed by atoms with Gasteiger partial charge in [-0.25, -0.2) is 0 Å². The van der Waals surface area contributed by atoms with Gasteiger partial charge in [-0.15, -0.1) is 0 Å². The van der Waals surface area contributed by atoms with Crippen molar-refractivity contribution in [2.24, 2.45) is 0 Å². The van der Waals surface area contributed by atoms with Gasteiger partial charge in [0.05, 0.1) is 6.54 Å². The van der Waals surface area contributed by atoms with Gasteiger partial charge in [-0.3, -0.25) is 19.6 Å². The van der Waals surface area contributed by atoms with E-state index in [1.807, 2.05) is 12.3 Å². The minimum atomic E-state index is -0.0564. The van der Waals surface area contributed by atoms with E-state index >= 15 is 0 Å². The maximum absolute atomic E-state index is 12.2. The lowest BCUT2D eigenvalue weighted by Gasteiger charge is -2.34. The fourth-order valence-electron chi connectivity index (χ4n) is 2.88. The number of anilines is 1. The van der Waals surface area contributed by atoms with Crippen LogP contribution in [0.2, 0.25) is 10.0 Å². The van der Waals surface area contributed by atoms with Gasteiger partial charge in [0, 0.05) is 60.9 Å². The highest BCUT2D eigenvalue weighted by Crippen LogP contribution is 2.22. The molecule has 1 amide bonds. The zero-order chi connectivity index (χ0) is 17.6. The molecule has 1 N–H and O–H groups in total. The van der Waals surface area contributed by atoms with Gasteiger partial charge in [-0.05, 0) is 29.8 Å². The predicted octanol–water partition coefficient (Wildman–Crippen LogP) is 3.14. The summed E-state index contributed by atoms with van der Waals surface area (Å²) in [6.45, 7) is 4.87. The predicted molar refractivity (Wildman–Crippen MR) is 101 cm³/mol. The SMILES string of the molecule is O=C(CN1CCN(Cc2cccnc2)CC1)Nc1cc(Cl)cc(Cl)c1. The standard InChI is InChI=1S/C18H20Cl2N4O/c19-15-8-16(20)10-17(9-15)22-18(25)13-24-6-4-23(5-7-24)12-14-2-1-3-21-11-14/h1-3,8-11H,4-7,12-13H2,(H,22,25). The minimum Gasteiger partial charge on any atom is -0.325 e. The van der Waals surface area contributed by atoms with E-state index < -0.39 is 0 Å². The monoisotopic (exact) mass is 378 g/mol. The third kappa shape index (κ3) is 5.68. The maximum Gasteiger partial charge on any atom is 0.238 e. The van der Waals surface area contributed by atoms with Crippen LogP contribution in [-0.4, -0.2) is 53.4 Å². The van der Waals surface area contributed by atoms with Crippen molar-refractivity contribution in [2.75, 3.05) is 38.0 Å². The number of rotatable bonds is 5. The first-order valence-electron chi connectivity index (χ1n) is 8.18. The topological polar surface area (TPSA) is 48.5 Å². The molecular formula is C18H20Cl2N4O. The number of nitrogens with zero attached hydrogens (tertiary/aromatic N) is 3. The molecule has 2 heterocycles. The van der Waals surface area contributed by atoms with Gasteiger partial charge >= 0.3 is 0 Å². The van der Waals surface area contributed by atoms with E-state index in [0.29, 0.717) is 22.3 Å². The molecule has 1 saturated heterocycles. The van der Waals surface area contributed by atoms with Crippen LogP contribution >= 0.6 is 23.2 Å². The summed E-state index contributed by atoms with van der Waals surface area (Å²) in [7, 11) is 0. The molecular weight excluding hydrogens is 359 g/mol. The number of nitrogens with one attached hydrogen (secondary N) is 1. The van der Waals surface area contributed by atoms with Crippen molar-refractivity contribution >= 4 is 34.8 Å². The zero-order valence-electron chi connectivity index (χ0n) is 13.8. The van der Waals surface area contributed by atoms with Crippen LogP contribution < -0.4 is 5.32 Å². The summed E-state index contributed by atoms with van der Waals surface area (Å²) >= 11 is 11.9. The number of amides is 1. The lowest BCUT2D eigenvalue weighted by molar-refractivity contribution is -0.117. The molecule has 5 nitrogen and oxygen atoms in total. The maximum atomic E-state index is 12.2. The van der Waals surface area contributed by atoms with Crippen LogP contribution in [0.25, 0.3) is 0 Å². The van der Waals surface area contributed by atoms with E-state index in [1.165, 1.54) is 5.56 Å². The van der Waals surface area contributed by atoms with Crippen molar-refractivity contribution in [3.05, 3.63) is 58.3 Å². The van der Waals surface area contributed by atoms with Crippen molar-refractivity contribution < 1.29 is 4.79 Å². The molecule has 0 atom stereocenters. The van der Waals surface area contributed by atoms with E-state index in [9.17, 15) is 4.79 Å². The number of pyridine rings is 1. The highest BCUT2D eigenvalue weighted by molar-refractivity contribution is 6.35. The molecule has 1 aromatic carbocycles. The number of halogens is 2. The second kappa shape index (κ2) is 8.63. The number of hydrogen-bond donors (Lipinski definition) is 1. The molecule has 0 spiro atoms. The Kier molecular flexibility index (Phi) is 6.26. The highest BCUT2D eigenvalue weighted by atomic mass is 35.5. The fraction of sp³-hybridized carbons (Fsp3) is 0.333. The first kappa shape index (κ1) is 18.1. The van der Waals surface area contributed by atoms with Gasteiger partial charge in [0.15, 0.2) is 0 Å². The van der Waals surface area contributed by atoms with Crippen molar-refractivity contribution in [3.63, 3.8) is 0 Å². The van der Waals surface area contributed by atoms with E-state index in [-0.39, 0.29) is 5.91 Å². The Morgan fingerprint density at radius 2 is 1.76 bits per heavy atom. The molecule has 1 aliphatic heterocycles. The smallest absolute Gasteiger partial charge is 0.238 e. The summed E-state index contributed by atoms with van der Waals surface area (Å²) in [6, 6.07) is 9.07. The highest BCUT2D eigenvalue weighted by Gasteiger charge is 2.19. The molecule has 2 aromatic rings. The van der Waals surface area contributed by atoms with Crippen LogP contribution in [0.5, 0.6) is 0 Å². The summed E-state index contributed by atoms with van der Waals surface area (Å²) < 4.78 is 0. The second-order valence-electron chi connectivity index (χ2n) is 6.12. The van der Waals surface area contributed by atoms with Gasteiger partial charge < -0.3 is 5.32 Å². The van der Waals surface area contributed by atoms with Crippen LogP contribution in [0.15, 0.2) is 42.7 Å². The molecule has 0 radical (unpaired) electrons. The first-order chi connectivity index (χ1) is 12.1. The molecule has 132 valence electrons. The van der Waals surface area contributed by atoms with Crippen LogP contribution in [0.3, 0.4) is 0 Å². The van der Waals surface area contributed by atoms with Crippen molar-refractivity contribution in [2.45, 2.75) is 6.54 Å². The summed E-state index contributed by atoms with van der Waals surface area (Å²) in [5.41, 5.74) is 1.84. The first-order valence-corrected chi connectivity index (χ1v) is 8.93. The molecule has 0 bridgehead atoms. The summed E-state index contributed by atoms with van der Waals surface area (Å²) in [5, 5.41) is 3.86. The largest absolute Gasteiger partial charge is 0.325 e. The molecule has 0 saturated carbocycles. The minimum absolute atomic E-state index is 0.0564. The van der Waals surface area contributed by atoms with Gasteiger partial charge in [-0.2, -0.15) is 0 Å². The van der Waals surface area contributed by atoms with Crippen molar-refractivity contribution in [1.29, 1.82) is 0 Å². The number of aromatic nitrogens is 1. The van der Waals surface area contributed by atoms with E-state index in [2.05, 4.69) is 26.2 Å². The van der Waals surface area contributed by atoms with E-state index in [4.69, 9.17) is 23.2 Å². The Labute approximate surface area is 157 Å². The molecule has 0 aliphatic carbocycles. The Morgan fingerprint density at radius 3 is 2.40 bits per heavy atom. The van der Waals surface area contributed by atoms with E-state index in [1.54, 1.807) is 24.4 Å². The number of carbonyl (C=O) groups is 1. The average molecular weight is 379 g/mol. The lowest BCUT2D eigenvalue weighted by Crippen LogP contribution is -2.48. The number of carbonyl (C=O) groups excluding carboxylic acids is 1.